The van der Waals surface area contributed by atoms with Crippen molar-refractivity contribution in [2.75, 3.05) is 23.3 Å². The van der Waals surface area contributed by atoms with Crippen LogP contribution in [0.2, 0.25) is 0 Å². The number of rotatable bonds is 3. The number of nitrogens with one attached hydrogen (secondary N) is 2. The van der Waals surface area contributed by atoms with E-state index in [9.17, 15) is 0 Å². The average molecular weight is 321 g/mol. The van der Waals surface area contributed by atoms with Gasteiger partial charge in [0.05, 0.1) is 5.39 Å². The zero-order chi connectivity index (χ0) is 16.7. The summed E-state index contributed by atoms with van der Waals surface area (Å²) in [4.78, 5) is 15.2. The first-order valence-corrected chi connectivity index (χ1v) is 8.57. The quantitative estimate of drug-likeness (QED) is 0.758. The molecule has 0 unspecified atom stereocenters. The smallest absolute Gasteiger partial charge is 0.229 e. The van der Waals surface area contributed by atoms with E-state index >= 15 is 0 Å². The van der Waals surface area contributed by atoms with Gasteiger partial charge in [-0.25, -0.2) is 0 Å². The fourth-order valence-corrected chi connectivity index (χ4v) is 3.24. The molecule has 2 N–H and O–H groups in total. The van der Waals surface area contributed by atoms with Crippen LogP contribution in [0.1, 0.15) is 29.7 Å². The van der Waals surface area contributed by atoms with Crippen LogP contribution in [0.25, 0.3) is 11.0 Å². The summed E-state index contributed by atoms with van der Waals surface area (Å²) < 4.78 is 0. The van der Waals surface area contributed by atoms with E-state index in [0.29, 0.717) is 0 Å². The minimum Gasteiger partial charge on any atom is -0.343 e. The second kappa shape index (κ2) is 5.82. The molecule has 5 heteroatoms. The Morgan fingerprint density at radius 3 is 2.54 bits per heavy atom. The Morgan fingerprint density at radius 1 is 1.00 bits per heavy atom. The maximum atomic E-state index is 4.83. The van der Waals surface area contributed by atoms with Gasteiger partial charge in [0.1, 0.15) is 11.5 Å². The van der Waals surface area contributed by atoms with Crippen molar-refractivity contribution < 1.29 is 0 Å². The van der Waals surface area contributed by atoms with Gasteiger partial charge in [0.25, 0.3) is 0 Å². The summed E-state index contributed by atoms with van der Waals surface area (Å²) in [5.74, 6) is 1.68. The van der Waals surface area contributed by atoms with Gasteiger partial charge >= 0.3 is 0 Å². The van der Waals surface area contributed by atoms with Crippen LogP contribution in [-0.4, -0.2) is 28.0 Å². The molecule has 1 saturated heterocycles. The van der Waals surface area contributed by atoms with E-state index in [-0.39, 0.29) is 0 Å². The van der Waals surface area contributed by atoms with Crippen molar-refractivity contribution in [3.63, 3.8) is 0 Å². The Bertz CT molecular complexity index is 890. The zero-order valence-corrected chi connectivity index (χ0v) is 14.5. The Labute approximate surface area is 142 Å². The molecule has 4 rings (SSSR count). The Morgan fingerprint density at radius 2 is 1.79 bits per heavy atom. The molecule has 1 aliphatic heterocycles. The number of aryl methyl sites for hydroxylation is 3. The molecule has 0 aliphatic carbocycles. The van der Waals surface area contributed by atoms with Crippen LogP contribution in [0.3, 0.4) is 0 Å². The molecule has 1 aliphatic rings. The molecule has 1 fully saturated rings. The van der Waals surface area contributed by atoms with Crippen LogP contribution in [0, 0.1) is 20.8 Å². The van der Waals surface area contributed by atoms with Crippen LogP contribution in [0.5, 0.6) is 0 Å². The number of anilines is 3. The first-order chi connectivity index (χ1) is 11.6. The van der Waals surface area contributed by atoms with E-state index in [2.05, 4.69) is 60.2 Å². The minimum absolute atomic E-state index is 0.813. The molecule has 5 nitrogen and oxygen atoms in total. The van der Waals surface area contributed by atoms with Gasteiger partial charge in [0.15, 0.2) is 0 Å². The fraction of sp³-hybridized carbons (Fsp3) is 0.368. The van der Waals surface area contributed by atoms with E-state index in [4.69, 9.17) is 9.97 Å². The van der Waals surface area contributed by atoms with Gasteiger partial charge in [-0.3, -0.25) is 0 Å². The maximum Gasteiger partial charge on any atom is 0.229 e. The molecule has 3 aromatic rings. The molecule has 0 radical (unpaired) electrons. The van der Waals surface area contributed by atoms with Gasteiger partial charge in [-0.05, 0) is 62.9 Å². The molecule has 124 valence electrons. The number of hydrogen-bond acceptors (Lipinski definition) is 4. The summed E-state index contributed by atoms with van der Waals surface area (Å²) in [6.45, 7) is 8.38. The van der Waals surface area contributed by atoms with E-state index in [0.717, 1.165) is 47.3 Å². The summed E-state index contributed by atoms with van der Waals surface area (Å²) in [5.41, 5.74) is 5.63. The summed E-state index contributed by atoms with van der Waals surface area (Å²) in [5, 5.41) is 4.53. The van der Waals surface area contributed by atoms with Crippen molar-refractivity contribution >= 4 is 28.5 Å². The molecule has 0 spiro atoms. The lowest BCUT2D eigenvalue weighted by molar-refractivity contribution is 0.907. The monoisotopic (exact) mass is 321 g/mol. The van der Waals surface area contributed by atoms with Gasteiger partial charge < -0.3 is 15.2 Å². The number of H-pyrrole nitrogens is 1. The Hall–Kier alpha value is -2.56. The lowest BCUT2D eigenvalue weighted by Gasteiger charge is -2.17. The van der Waals surface area contributed by atoms with Gasteiger partial charge in [-0.2, -0.15) is 9.97 Å². The van der Waals surface area contributed by atoms with Crippen LogP contribution in [0.4, 0.5) is 17.5 Å². The Balaban J connectivity index is 1.78. The number of nitrogens with zero attached hydrogens (tertiary/aromatic N) is 3. The van der Waals surface area contributed by atoms with Gasteiger partial charge in [-0.15, -0.1) is 0 Å². The van der Waals surface area contributed by atoms with Crippen molar-refractivity contribution in [2.24, 2.45) is 0 Å². The van der Waals surface area contributed by atoms with Crippen molar-refractivity contribution in [3.05, 3.63) is 41.1 Å². The lowest BCUT2D eigenvalue weighted by atomic mass is 10.1. The maximum absolute atomic E-state index is 4.83. The minimum atomic E-state index is 0.813. The first kappa shape index (κ1) is 15.0. The molecule has 3 heterocycles. The fourth-order valence-electron chi connectivity index (χ4n) is 3.24. The van der Waals surface area contributed by atoms with Crippen molar-refractivity contribution in [1.82, 2.24) is 15.0 Å². The van der Waals surface area contributed by atoms with Crippen molar-refractivity contribution in [2.45, 2.75) is 33.6 Å². The highest BCUT2D eigenvalue weighted by Gasteiger charge is 2.18. The highest BCUT2D eigenvalue weighted by molar-refractivity contribution is 5.90. The second-order valence-corrected chi connectivity index (χ2v) is 6.71. The van der Waals surface area contributed by atoms with Crippen LogP contribution in [-0.2, 0) is 0 Å². The zero-order valence-electron chi connectivity index (χ0n) is 14.5. The predicted molar refractivity (Wildman–Crippen MR) is 99.3 cm³/mol. The van der Waals surface area contributed by atoms with Crippen LogP contribution < -0.4 is 10.2 Å². The molecule has 2 aromatic heterocycles. The average Bonchev–Trinajstić information content (AvgIpc) is 3.19. The molecule has 0 amide bonds. The van der Waals surface area contributed by atoms with Crippen LogP contribution in [0.15, 0.2) is 24.3 Å². The summed E-state index contributed by atoms with van der Waals surface area (Å²) in [6.07, 6.45) is 2.43. The van der Waals surface area contributed by atoms with E-state index < -0.39 is 0 Å². The standard InChI is InChI=1S/C19H23N5/c1-12-6-7-15(10-13(12)2)21-18-16-11-14(3)20-17(16)22-19(23-18)24-8-4-5-9-24/h6-7,10-11H,4-5,8-9H2,1-3H3,(H2,20,21,22,23). The predicted octanol–water partition coefficient (Wildman–Crippen LogP) is 4.23. The topological polar surface area (TPSA) is 56.8 Å². The van der Waals surface area contributed by atoms with Crippen LogP contribution >= 0.6 is 0 Å². The van der Waals surface area contributed by atoms with Crippen molar-refractivity contribution in [1.29, 1.82) is 0 Å². The molecule has 0 saturated carbocycles. The molecule has 0 bridgehead atoms. The van der Waals surface area contributed by atoms with E-state index in [1.54, 1.807) is 0 Å². The number of aromatic amines is 1. The number of aromatic nitrogens is 3. The van der Waals surface area contributed by atoms with Crippen molar-refractivity contribution in [3.8, 4) is 0 Å². The Kier molecular flexibility index (Phi) is 3.63. The molecule has 24 heavy (non-hydrogen) atoms. The molecular formula is C19H23N5. The normalized spacial score (nSPS) is 14.5. The van der Waals surface area contributed by atoms with Gasteiger partial charge in [0.2, 0.25) is 5.95 Å². The molecule has 0 atom stereocenters. The third-order valence-corrected chi connectivity index (χ3v) is 4.77. The molecular weight excluding hydrogens is 298 g/mol. The summed E-state index contributed by atoms with van der Waals surface area (Å²) in [6, 6.07) is 8.51. The number of benzene rings is 1. The van der Waals surface area contributed by atoms with Gasteiger partial charge in [-0.1, -0.05) is 6.07 Å². The third kappa shape index (κ3) is 2.70. The van der Waals surface area contributed by atoms with E-state index in [1.165, 1.54) is 24.0 Å². The number of fused-ring (bicyclic) bond motifs is 1. The number of hydrogen-bond donors (Lipinski definition) is 2. The largest absolute Gasteiger partial charge is 0.343 e. The third-order valence-electron chi connectivity index (χ3n) is 4.77. The van der Waals surface area contributed by atoms with Gasteiger partial charge in [0, 0.05) is 24.5 Å². The lowest BCUT2D eigenvalue weighted by Crippen LogP contribution is -2.20. The highest BCUT2D eigenvalue weighted by Crippen LogP contribution is 2.28. The van der Waals surface area contributed by atoms with E-state index in [1.807, 2.05) is 0 Å². The first-order valence-electron chi connectivity index (χ1n) is 8.57. The highest BCUT2D eigenvalue weighted by atomic mass is 15.3. The summed E-state index contributed by atoms with van der Waals surface area (Å²) >= 11 is 0. The summed E-state index contributed by atoms with van der Waals surface area (Å²) in [7, 11) is 0. The molecule has 1 aromatic carbocycles. The second-order valence-electron chi connectivity index (χ2n) is 6.71. The SMILES string of the molecule is Cc1cc2c(Nc3ccc(C)c(C)c3)nc(N3CCCC3)nc2[nH]1.